The van der Waals surface area contributed by atoms with E-state index in [9.17, 15) is 0 Å². The second kappa shape index (κ2) is 5.50. The summed E-state index contributed by atoms with van der Waals surface area (Å²) in [5.74, 6) is 1.94. The van der Waals surface area contributed by atoms with Gasteiger partial charge in [-0.1, -0.05) is 19.3 Å². The summed E-state index contributed by atoms with van der Waals surface area (Å²) >= 11 is 0. The number of hydrogen-bond donors (Lipinski definition) is 1. The SMILES string of the molecule is CNC1CCC(C2(C3CCCCC3)COC2)CC1. The molecule has 0 spiro atoms. The molecule has 0 atom stereocenters. The van der Waals surface area contributed by atoms with Gasteiger partial charge in [-0.25, -0.2) is 0 Å². The highest BCUT2D eigenvalue weighted by atomic mass is 16.5. The van der Waals surface area contributed by atoms with E-state index in [0.29, 0.717) is 5.41 Å². The van der Waals surface area contributed by atoms with Crippen LogP contribution in [0.2, 0.25) is 0 Å². The first kappa shape index (κ1) is 12.9. The number of ether oxygens (including phenoxy) is 1. The van der Waals surface area contributed by atoms with Gasteiger partial charge in [0.15, 0.2) is 0 Å². The van der Waals surface area contributed by atoms with E-state index in [0.717, 1.165) is 31.1 Å². The molecule has 3 fully saturated rings. The molecule has 0 radical (unpaired) electrons. The molecule has 0 bridgehead atoms. The summed E-state index contributed by atoms with van der Waals surface area (Å²) in [5, 5.41) is 3.46. The summed E-state index contributed by atoms with van der Waals surface area (Å²) < 4.78 is 5.68. The molecule has 1 aliphatic heterocycles. The van der Waals surface area contributed by atoms with Gasteiger partial charge in [0.2, 0.25) is 0 Å². The lowest BCUT2D eigenvalue weighted by Crippen LogP contribution is -2.55. The summed E-state index contributed by atoms with van der Waals surface area (Å²) in [6.45, 7) is 2.15. The van der Waals surface area contributed by atoms with Crippen molar-refractivity contribution < 1.29 is 4.74 Å². The minimum Gasteiger partial charge on any atom is -0.380 e. The van der Waals surface area contributed by atoms with Crippen LogP contribution in [0.15, 0.2) is 0 Å². The van der Waals surface area contributed by atoms with Crippen molar-refractivity contribution in [2.45, 2.75) is 63.8 Å². The third-order valence-corrected chi connectivity index (χ3v) is 6.11. The lowest BCUT2D eigenvalue weighted by molar-refractivity contribution is -0.190. The Bertz CT molecular complexity index is 260. The maximum Gasteiger partial charge on any atom is 0.0550 e. The predicted octanol–water partition coefficient (Wildman–Crippen LogP) is 3.36. The molecule has 0 aromatic rings. The topological polar surface area (TPSA) is 21.3 Å². The van der Waals surface area contributed by atoms with Crippen LogP contribution in [0.4, 0.5) is 0 Å². The molecule has 2 nitrogen and oxygen atoms in total. The molecule has 2 aliphatic carbocycles. The predicted molar refractivity (Wildman–Crippen MR) is 74.6 cm³/mol. The van der Waals surface area contributed by atoms with E-state index >= 15 is 0 Å². The Balaban J connectivity index is 1.64. The van der Waals surface area contributed by atoms with Crippen molar-refractivity contribution in [1.29, 1.82) is 0 Å². The van der Waals surface area contributed by atoms with E-state index in [-0.39, 0.29) is 0 Å². The molecule has 3 aliphatic rings. The molecule has 1 heterocycles. The van der Waals surface area contributed by atoms with Crippen molar-refractivity contribution in [2.24, 2.45) is 17.3 Å². The van der Waals surface area contributed by atoms with Crippen LogP contribution in [-0.2, 0) is 4.74 Å². The first-order chi connectivity index (χ1) is 8.85. The fourth-order valence-corrected chi connectivity index (χ4v) is 4.78. The third kappa shape index (κ3) is 2.22. The number of nitrogens with one attached hydrogen (secondary N) is 1. The molecular formula is C16H29NO. The van der Waals surface area contributed by atoms with Gasteiger partial charge in [0.1, 0.15) is 0 Å². The Kier molecular flexibility index (Phi) is 3.95. The van der Waals surface area contributed by atoms with Gasteiger partial charge in [0, 0.05) is 11.5 Å². The minimum atomic E-state index is 0.596. The van der Waals surface area contributed by atoms with Gasteiger partial charge < -0.3 is 10.1 Å². The summed E-state index contributed by atoms with van der Waals surface area (Å²) in [7, 11) is 2.12. The van der Waals surface area contributed by atoms with E-state index in [2.05, 4.69) is 12.4 Å². The van der Waals surface area contributed by atoms with Crippen molar-refractivity contribution >= 4 is 0 Å². The monoisotopic (exact) mass is 251 g/mol. The van der Waals surface area contributed by atoms with Crippen molar-refractivity contribution in [3.8, 4) is 0 Å². The van der Waals surface area contributed by atoms with Crippen LogP contribution in [0.1, 0.15) is 57.8 Å². The van der Waals surface area contributed by atoms with Crippen molar-refractivity contribution in [1.82, 2.24) is 5.32 Å². The molecule has 2 heteroatoms. The Morgan fingerprint density at radius 3 is 1.94 bits per heavy atom. The zero-order valence-corrected chi connectivity index (χ0v) is 11.9. The van der Waals surface area contributed by atoms with Crippen LogP contribution < -0.4 is 5.32 Å². The largest absolute Gasteiger partial charge is 0.380 e. The molecular weight excluding hydrogens is 222 g/mol. The maximum atomic E-state index is 5.68. The molecule has 3 rings (SSSR count). The second-order valence-corrected chi connectivity index (χ2v) is 6.90. The molecule has 1 saturated heterocycles. The summed E-state index contributed by atoms with van der Waals surface area (Å²) in [6, 6.07) is 0.783. The van der Waals surface area contributed by atoms with Gasteiger partial charge in [-0.3, -0.25) is 0 Å². The van der Waals surface area contributed by atoms with Crippen LogP contribution in [0.3, 0.4) is 0 Å². The van der Waals surface area contributed by atoms with E-state index in [1.807, 2.05) is 0 Å². The molecule has 0 unspecified atom stereocenters. The Morgan fingerprint density at radius 1 is 0.833 bits per heavy atom. The standard InChI is InChI=1S/C16H29NO/c1-17-15-9-7-14(8-10-15)16(11-18-12-16)13-5-3-2-4-6-13/h13-15,17H,2-12H2,1H3. The lowest BCUT2D eigenvalue weighted by Gasteiger charge is -2.55. The molecule has 0 aromatic carbocycles. The number of hydrogen-bond acceptors (Lipinski definition) is 2. The van der Waals surface area contributed by atoms with Crippen molar-refractivity contribution in [3.63, 3.8) is 0 Å². The van der Waals surface area contributed by atoms with Gasteiger partial charge in [0.25, 0.3) is 0 Å². The highest BCUT2D eigenvalue weighted by Gasteiger charge is 2.51. The molecule has 1 N–H and O–H groups in total. The van der Waals surface area contributed by atoms with Gasteiger partial charge in [-0.2, -0.15) is 0 Å². The van der Waals surface area contributed by atoms with Crippen molar-refractivity contribution in [2.75, 3.05) is 20.3 Å². The first-order valence-corrected chi connectivity index (χ1v) is 8.10. The highest BCUT2D eigenvalue weighted by Crippen LogP contribution is 2.52. The highest BCUT2D eigenvalue weighted by molar-refractivity contribution is 4.99. The fraction of sp³-hybridized carbons (Fsp3) is 1.00. The maximum absolute atomic E-state index is 5.68. The first-order valence-electron chi connectivity index (χ1n) is 8.10. The van der Waals surface area contributed by atoms with E-state index in [4.69, 9.17) is 4.74 Å². The minimum absolute atomic E-state index is 0.596. The summed E-state index contributed by atoms with van der Waals surface area (Å²) in [5.41, 5.74) is 0.596. The van der Waals surface area contributed by atoms with Gasteiger partial charge in [0.05, 0.1) is 13.2 Å². The molecule has 0 aromatic heterocycles. The fourth-order valence-electron chi connectivity index (χ4n) is 4.78. The normalized spacial score (nSPS) is 37.2. The van der Waals surface area contributed by atoms with Crippen molar-refractivity contribution in [3.05, 3.63) is 0 Å². The van der Waals surface area contributed by atoms with Crippen LogP contribution in [0.25, 0.3) is 0 Å². The third-order valence-electron chi connectivity index (χ3n) is 6.11. The van der Waals surface area contributed by atoms with Gasteiger partial charge >= 0.3 is 0 Å². The average Bonchev–Trinajstić information content (AvgIpc) is 2.40. The van der Waals surface area contributed by atoms with E-state index < -0.39 is 0 Å². The van der Waals surface area contributed by atoms with Crippen LogP contribution in [-0.4, -0.2) is 26.3 Å². The Morgan fingerprint density at radius 2 is 1.44 bits per heavy atom. The van der Waals surface area contributed by atoms with E-state index in [1.165, 1.54) is 57.8 Å². The summed E-state index contributed by atoms with van der Waals surface area (Å²) in [4.78, 5) is 0. The van der Waals surface area contributed by atoms with Gasteiger partial charge in [-0.15, -0.1) is 0 Å². The zero-order valence-electron chi connectivity index (χ0n) is 11.9. The molecule has 104 valence electrons. The van der Waals surface area contributed by atoms with Crippen LogP contribution >= 0.6 is 0 Å². The smallest absolute Gasteiger partial charge is 0.0550 e. The molecule has 2 saturated carbocycles. The van der Waals surface area contributed by atoms with Crippen LogP contribution in [0, 0.1) is 17.3 Å². The van der Waals surface area contributed by atoms with Crippen LogP contribution in [0.5, 0.6) is 0 Å². The molecule has 18 heavy (non-hydrogen) atoms. The second-order valence-electron chi connectivity index (χ2n) is 6.90. The Labute approximate surface area is 112 Å². The summed E-state index contributed by atoms with van der Waals surface area (Å²) in [6.07, 6.45) is 13.0. The number of rotatable bonds is 3. The molecule has 0 amide bonds. The Hall–Kier alpha value is -0.0800. The average molecular weight is 251 g/mol. The van der Waals surface area contributed by atoms with E-state index in [1.54, 1.807) is 0 Å². The zero-order chi connectivity index (χ0) is 12.4. The van der Waals surface area contributed by atoms with Gasteiger partial charge in [-0.05, 0) is 57.4 Å². The lowest BCUT2D eigenvalue weighted by atomic mass is 9.57. The quantitative estimate of drug-likeness (QED) is 0.830.